The number of carbonyl (C=O) groups excluding carboxylic acids is 1. The molecule has 0 N–H and O–H groups in total. The highest BCUT2D eigenvalue weighted by Gasteiger charge is 2.19. The van der Waals surface area contributed by atoms with Crippen LogP contribution in [0.15, 0.2) is 54.6 Å². The molecule has 0 aromatic heterocycles. The number of hydrogen-bond donors (Lipinski definition) is 0. The van der Waals surface area contributed by atoms with Crippen LogP contribution >= 0.6 is 0 Å². The summed E-state index contributed by atoms with van der Waals surface area (Å²) in [5.74, 6) is 1.94. The Morgan fingerprint density at radius 1 is 0.895 bits per heavy atom. The molecule has 0 radical (unpaired) electrons. The van der Waals surface area contributed by atoms with Gasteiger partial charge in [-0.25, -0.2) is 0 Å². The van der Waals surface area contributed by atoms with Gasteiger partial charge in [0.2, 0.25) is 0 Å². The van der Waals surface area contributed by atoms with Crippen LogP contribution in [0.25, 0.3) is 0 Å². The van der Waals surface area contributed by atoms with Crippen LogP contribution in [0.1, 0.15) is 6.42 Å². The largest absolute Gasteiger partial charge is 0.457 e. The Bertz CT molecular complexity index is 563. The summed E-state index contributed by atoms with van der Waals surface area (Å²) in [4.78, 5) is 13.4. The fourth-order valence-electron chi connectivity index (χ4n) is 2.20. The third kappa shape index (κ3) is 2.76. The first-order valence-corrected chi connectivity index (χ1v) is 6.41. The maximum absolute atomic E-state index is 11.3. The van der Waals surface area contributed by atoms with Gasteiger partial charge in [0.1, 0.15) is 11.5 Å². The van der Waals surface area contributed by atoms with Crippen molar-refractivity contribution in [2.75, 3.05) is 18.0 Å². The van der Waals surface area contributed by atoms with Crippen LogP contribution < -0.4 is 9.64 Å². The van der Waals surface area contributed by atoms with Crippen molar-refractivity contribution in [3.8, 4) is 11.5 Å². The lowest BCUT2D eigenvalue weighted by Gasteiger charge is -2.16. The Morgan fingerprint density at radius 2 is 1.58 bits per heavy atom. The van der Waals surface area contributed by atoms with Crippen LogP contribution in [-0.2, 0) is 4.79 Å². The summed E-state index contributed by atoms with van der Waals surface area (Å²) in [6.45, 7) is 1.34. The van der Waals surface area contributed by atoms with Crippen molar-refractivity contribution in [1.82, 2.24) is 0 Å². The Hall–Kier alpha value is -2.29. The molecule has 1 aliphatic rings. The monoisotopic (exact) mass is 253 g/mol. The first kappa shape index (κ1) is 11.8. The molecule has 0 amide bonds. The molecule has 0 atom stereocenters. The van der Waals surface area contributed by atoms with E-state index < -0.39 is 0 Å². The van der Waals surface area contributed by atoms with E-state index in [1.807, 2.05) is 54.6 Å². The summed E-state index contributed by atoms with van der Waals surface area (Å²) in [6, 6.07) is 17.6. The number of ketones is 1. The molecule has 0 unspecified atom stereocenters. The minimum Gasteiger partial charge on any atom is -0.457 e. The zero-order valence-corrected chi connectivity index (χ0v) is 10.6. The molecule has 96 valence electrons. The maximum atomic E-state index is 11.3. The van der Waals surface area contributed by atoms with Crippen molar-refractivity contribution in [3.05, 3.63) is 54.6 Å². The van der Waals surface area contributed by atoms with Crippen LogP contribution in [0.3, 0.4) is 0 Å². The molecule has 0 saturated carbocycles. The second-order valence-electron chi connectivity index (χ2n) is 4.62. The maximum Gasteiger partial charge on any atom is 0.153 e. The van der Waals surface area contributed by atoms with E-state index in [1.165, 1.54) is 0 Å². The van der Waals surface area contributed by atoms with E-state index in [0.717, 1.165) is 23.7 Å². The summed E-state index contributed by atoms with van der Waals surface area (Å²) in [5, 5.41) is 0. The van der Waals surface area contributed by atoms with Gasteiger partial charge in [-0.15, -0.1) is 0 Å². The minimum absolute atomic E-state index is 0.310. The number of para-hydroxylation sites is 1. The number of anilines is 1. The number of ether oxygens (including phenoxy) is 1. The molecule has 19 heavy (non-hydrogen) atoms. The van der Waals surface area contributed by atoms with E-state index >= 15 is 0 Å². The van der Waals surface area contributed by atoms with E-state index in [1.54, 1.807) is 0 Å². The highest BCUT2D eigenvalue weighted by atomic mass is 16.5. The Balaban J connectivity index is 1.71. The van der Waals surface area contributed by atoms with Gasteiger partial charge in [-0.1, -0.05) is 18.2 Å². The number of carbonyl (C=O) groups is 1. The van der Waals surface area contributed by atoms with Crippen molar-refractivity contribution in [3.63, 3.8) is 0 Å². The van der Waals surface area contributed by atoms with E-state index in [-0.39, 0.29) is 0 Å². The molecule has 0 aliphatic carbocycles. The summed E-state index contributed by atoms with van der Waals surface area (Å²) in [5.41, 5.74) is 1.08. The Kier molecular flexibility index (Phi) is 3.19. The van der Waals surface area contributed by atoms with Gasteiger partial charge in [0, 0.05) is 18.7 Å². The molecule has 1 aliphatic heterocycles. The summed E-state index contributed by atoms with van der Waals surface area (Å²) in [7, 11) is 0. The molecule has 0 bridgehead atoms. The second-order valence-corrected chi connectivity index (χ2v) is 4.62. The number of benzene rings is 2. The second kappa shape index (κ2) is 5.14. The standard InChI is InChI=1S/C16H15NO2/c18-14-10-11-17(12-14)13-6-8-16(9-7-13)19-15-4-2-1-3-5-15/h1-9H,10-12H2. The van der Waals surface area contributed by atoms with Crippen LogP contribution in [0, 0.1) is 0 Å². The quantitative estimate of drug-likeness (QED) is 0.841. The molecule has 1 heterocycles. The normalized spacial score (nSPS) is 14.7. The number of rotatable bonds is 3. The van der Waals surface area contributed by atoms with Gasteiger partial charge in [0.15, 0.2) is 5.78 Å². The van der Waals surface area contributed by atoms with Crippen molar-refractivity contribution in [2.45, 2.75) is 6.42 Å². The highest BCUT2D eigenvalue weighted by molar-refractivity contribution is 5.87. The summed E-state index contributed by atoms with van der Waals surface area (Å²) in [6.07, 6.45) is 0.655. The molecule has 2 aromatic rings. The third-order valence-corrected chi connectivity index (χ3v) is 3.21. The molecular weight excluding hydrogens is 238 g/mol. The van der Waals surface area contributed by atoms with Gasteiger partial charge in [0.25, 0.3) is 0 Å². The topological polar surface area (TPSA) is 29.5 Å². The molecule has 3 nitrogen and oxygen atoms in total. The van der Waals surface area contributed by atoms with Crippen molar-refractivity contribution in [1.29, 1.82) is 0 Å². The van der Waals surface area contributed by atoms with E-state index in [9.17, 15) is 4.79 Å². The zero-order chi connectivity index (χ0) is 13.1. The van der Waals surface area contributed by atoms with Crippen molar-refractivity contribution < 1.29 is 9.53 Å². The van der Waals surface area contributed by atoms with Crippen LogP contribution in [0.2, 0.25) is 0 Å². The van der Waals surface area contributed by atoms with Crippen LogP contribution in [0.4, 0.5) is 5.69 Å². The lowest BCUT2D eigenvalue weighted by Crippen LogP contribution is -2.19. The Morgan fingerprint density at radius 3 is 2.21 bits per heavy atom. The number of nitrogens with zero attached hydrogens (tertiary/aromatic N) is 1. The van der Waals surface area contributed by atoms with Gasteiger partial charge in [-0.2, -0.15) is 0 Å². The lowest BCUT2D eigenvalue weighted by atomic mass is 10.3. The van der Waals surface area contributed by atoms with E-state index in [2.05, 4.69) is 4.90 Å². The predicted molar refractivity (Wildman–Crippen MR) is 74.8 cm³/mol. The summed E-state index contributed by atoms with van der Waals surface area (Å²) < 4.78 is 5.73. The number of hydrogen-bond acceptors (Lipinski definition) is 3. The Labute approximate surface area is 112 Å². The van der Waals surface area contributed by atoms with E-state index in [0.29, 0.717) is 18.7 Å². The lowest BCUT2D eigenvalue weighted by molar-refractivity contribution is -0.116. The van der Waals surface area contributed by atoms with Crippen molar-refractivity contribution >= 4 is 11.5 Å². The third-order valence-electron chi connectivity index (χ3n) is 3.21. The molecule has 2 aromatic carbocycles. The predicted octanol–water partition coefficient (Wildman–Crippen LogP) is 3.26. The highest BCUT2D eigenvalue weighted by Crippen LogP contribution is 2.25. The first-order valence-electron chi connectivity index (χ1n) is 6.41. The van der Waals surface area contributed by atoms with Gasteiger partial charge >= 0.3 is 0 Å². The average Bonchev–Trinajstić information content (AvgIpc) is 2.87. The van der Waals surface area contributed by atoms with Gasteiger partial charge in [0.05, 0.1) is 6.54 Å². The summed E-state index contributed by atoms with van der Waals surface area (Å²) >= 11 is 0. The molecule has 3 heteroatoms. The van der Waals surface area contributed by atoms with Crippen LogP contribution in [-0.4, -0.2) is 18.9 Å². The van der Waals surface area contributed by atoms with E-state index in [4.69, 9.17) is 4.74 Å². The van der Waals surface area contributed by atoms with Crippen LogP contribution in [0.5, 0.6) is 11.5 Å². The SMILES string of the molecule is O=C1CCN(c2ccc(Oc3ccccc3)cc2)C1. The fraction of sp³-hybridized carbons (Fsp3) is 0.188. The molecule has 0 spiro atoms. The van der Waals surface area contributed by atoms with Gasteiger partial charge in [-0.3, -0.25) is 4.79 Å². The number of Topliss-reactive ketones (excluding diaryl/α,β-unsaturated/α-hetero) is 1. The average molecular weight is 253 g/mol. The minimum atomic E-state index is 0.310. The zero-order valence-electron chi connectivity index (χ0n) is 10.6. The molecular formula is C16H15NO2. The van der Waals surface area contributed by atoms with Gasteiger partial charge < -0.3 is 9.64 Å². The molecule has 3 rings (SSSR count). The first-order chi connectivity index (χ1) is 9.31. The smallest absolute Gasteiger partial charge is 0.153 e. The molecule has 1 saturated heterocycles. The fourth-order valence-corrected chi connectivity index (χ4v) is 2.20. The van der Waals surface area contributed by atoms with Crippen molar-refractivity contribution in [2.24, 2.45) is 0 Å². The molecule has 1 fully saturated rings. The van der Waals surface area contributed by atoms with Gasteiger partial charge in [-0.05, 0) is 36.4 Å².